The van der Waals surface area contributed by atoms with Crippen LogP contribution in [0.3, 0.4) is 0 Å². The van der Waals surface area contributed by atoms with Gasteiger partial charge in [-0.25, -0.2) is 4.98 Å². The molecular formula is C15H17N3OS. The average molecular weight is 287 g/mol. The van der Waals surface area contributed by atoms with Gasteiger partial charge in [0, 0.05) is 36.6 Å². The summed E-state index contributed by atoms with van der Waals surface area (Å²) >= 11 is 5.16. The van der Waals surface area contributed by atoms with Gasteiger partial charge in [0.25, 0.3) is 0 Å². The van der Waals surface area contributed by atoms with Gasteiger partial charge in [-0.1, -0.05) is 30.4 Å². The zero-order valence-electron chi connectivity index (χ0n) is 11.1. The first-order chi connectivity index (χ1) is 9.69. The molecule has 3 N–H and O–H groups in total. The lowest BCUT2D eigenvalue weighted by Gasteiger charge is -2.19. The molecule has 1 atom stereocenters. The first-order valence-corrected chi connectivity index (χ1v) is 7.15. The number of pyridine rings is 1. The fraction of sp³-hybridized carbons (Fsp3) is 0.333. The van der Waals surface area contributed by atoms with Crippen LogP contribution < -0.4 is 10.6 Å². The number of para-hydroxylation sites is 1. The second kappa shape index (κ2) is 5.34. The lowest BCUT2D eigenvalue weighted by Crippen LogP contribution is -2.22. The summed E-state index contributed by atoms with van der Waals surface area (Å²) in [5.74, 6) is 1.22. The Hall–Kier alpha value is -1.72. The van der Waals surface area contributed by atoms with E-state index in [-0.39, 0.29) is 6.61 Å². The monoisotopic (exact) mass is 287 g/mol. The predicted octanol–water partition coefficient (Wildman–Crippen LogP) is 1.69. The van der Waals surface area contributed by atoms with Gasteiger partial charge in [-0.15, -0.1) is 0 Å². The van der Waals surface area contributed by atoms with Crippen LogP contribution >= 0.6 is 12.2 Å². The van der Waals surface area contributed by atoms with Gasteiger partial charge in [-0.2, -0.15) is 0 Å². The third kappa shape index (κ3) is 2.34. The van der Waals surface area contributed by atoms with Crippen LogP contribution in [0.2, 0.25) is 0 Å². The van der Waals surface area contributed by atoms with E-state index in [0.29, 0.717) is 10.9 Å². The lowest BCUT2D eigenvalue weighted by atomic mass is 10.1. The van der Waals surface area contributed by atoms with Crippen LogP contribution in [0.5, 0.6) is 0 Å². The van der Waals surface area contributed by atoms with Gasteiger partial charge < -0.3 is 15.7 Å². The highest BCUT2D eigenvalue weighted by atomic mass is 32.1. The van der Waals surface area contributed by atoms with E-state index in [4.69, 9.17) is 22.9 Å². The molecule has 1 aromatic carbocycles. The minimum Gasteiger partial charge on any atom is -0.396 e. The fourth-order valence-corrected chi connectivity index (χ4v) is 2.89. The van der Waals surface area contributed by atoms with Crippen molar-refractivity contribution < 1.29 is 5.11 Å². The SMILES string of the molecule is NC(=S)c1cc(N2CCC(CO)C2)nc2ccccc12. The number of rotatable bonds is 3. The molecule has 1 fully saturated rings. The number of nitrogens with two attached hydrogens (primary N) is 1. The molecule has 0 saturated carbocycles. The van der Waals surface area contributed by atoms with Crippen molar-refractivity contribution in [1.82, 2.24) is 4.98 Å². The summed E-state index contributed by atoms with van der Waals surface area (Å²) in [5.41, 5.74) is 7.62. The third-order valence-electron chi connectivity index (χ3n) is 3.84. The molecule has 0 spiro atoms. The van der Waals surface area contributed by atoms with Gasteiger partial charge >= 0.3 is 0 Å². The molecule has 0 amide bonds. The van der Waals surface area contributed by atoms with E-state index in [0.717, 1.165) is 41.8 Å². The molecule has 1 unspecified atom stereocenters. The van der Waals surface area contributed by atoms with Crippen LogP contribution in [-0.4, -0.2) is 34.8 Å². The number of aromatic nitrogens is 1. The van der Waals surface area contributed by atoms with Gasteiger partial charge in [0.2, 0.25) is 0 Å². The fourth-order valence-electron chi connectivity index (χ4n) is 2.72. The number of nitrogens with zero attached hydrogens (tertiary/aromatic N) is 2. The minimum absolute atomic E-state index is 0.228. The van der Waals surface area contributed by atoms with Crippen molar-refractivity contribution in [3.05, 3.63) is 35.9 Å². The second-order valence-corrected chi connectivity index (χ2v) is 5.63. The predicted molar refractivity (Wildman–Crippen MR) is 85.0 cm³/mol. The van der Waals surface area contributed by atoms with Crippen molar-refractivity contribution in [3.63, 3.8) is 0 Å². The average Bonchev–Trinajstić information content (AvgIpc) is 2.95. The number of benzene rings is 1. The maximum atomic E-state index is 9.26. The Morgan fingerprint density at radius 2 is 2.25 bits per heavy atom. The maximum Gasteiger partial charge on any atom is 0.129 e. The van der Waals surface area contributed by atoms with Gasteiger partial charge in [0.15, 0.2) is 0 Å². The third-order valence-corrected chi connectivity index (χ3v) is 4.06. The molecular weight excluding hydrogens is 270 g/mol. The van der Waals surface area contributed by atoms with Crippen molar-refractivity contribution in [1.29, 1.82) is 0 Å². The highest BCUT2D eigenvalue weighted by Crippen LogP contribution is 2.27. The molecule has 0 bridgehead atoms. The summed E-state index contributed by atoms with van der Waals surface area (Å²) in [6, 6.07) is 9.85. The van der Waals surface area contributed by atoms with E-state index >= 15 is 0 Å². The number of hydrogen-bond donors (Lipinski definition) is 2. The van der Waals surface area contributed by atoms with Crippen molar-refractivity contribution in [2.75, 3.05) is 24.6 Å². The van der Waals surface area contributed by atoms with E-state index in [2.05, 4.69) is 4.90 Å². The zero-order chi connectivity index (χ0) is 14.1. The summed E-state index contributed by atoms with van der Waals surface area (Å²) in [4.78, 5) is 7.28. The van der Waals surface area contributed by atoms with Gasteiger partial charge in [-0.3, -0.25) is 0 Å². The van der Waals surface area contributed by atoms with Crippen LogP contribution in [0.25, 0.3) is 10.9 Å². The largest absolute Gasteiger partial charge is 0.396 e. The highest BCUT2D eigenvalue weighted by Gasteiger charge is 2.23. The second-order valence-electron chi connectivity index (χ2n) is 5.19. The van der Waals surface area contributed by atoms with E-state index in [1.165, 1.54) is 0 Å². The Balaban J connectivity index is 2.06. The normalized spacial score (nSPS) is 18.6. The van der Waals surface area contributed by atoms with Gasteiger partial charge in [0.05, 0.1) is 5.52 Å². The smallest absolute Gasteiger partial charge is 0.129 e. The van der Waals surface area contributed by atoms with Crippen LogP contribution in [-0.2, 0) is 0 Å². The molecule has 0 aliphatic carbocycles. The molecule has 2 heterocycles. The number of hydrogen-bond acceptors (Lipinski definition) is 4. The molecule has 20 heavy (non-hydrogen) atoms. The molecule has 5 heteroatoms. The summed E-state index contributed by atoms with van der Waals surface area (Å²) in [7, 11) is 0. The highest BCUT2D eigenvalue weighted by molar-refractivity contribution is 7.80. The zero-order valence-corrected chi connectivity index (χ0v) is 11.9. The summed E-state index contributed by atoms with van der Waals surface area (Å²) in [5, 5.41) is 10.2. The summed E-state index contributed by atoms with van der Waals surface area (Å²) in [6.07, 6.45) is 0.993. The van der Waals surface area contributed by atoms with Crippen LogP contribution in [0.15, 0.2) is 30.3 Å². The van der Waals surface area contributed by atoms with Crippen LogP contribution in [0.1, 0.15) is 12.0 Å². The molecule has 1 aliphatic heterocycles. The Morgan fingerprint density at radius 3 is 2.95 bits per heavy atom. The number of fused-ring (bicyclic) bond motifs is 1. The molecule has 1 aromatic heterocycles. The molecule has 2 aromatic rings. The standard InChI is InChI=1S/C15H17N3OS/c16-15(20)12-7-14(18-6-5-10(8-18)9-19)17-13-4-2-1-3-11(12)13/h1-4,7,10,19H,5-6,8-9H2,(H2,16,20). The Bertz CT molecular complexity index is 659. The molecule has 3 rings (SSSR count). The summed E-state index contributed by atoms with van der Waals surface area (Å²) in [6.45, 7) is 1.97. The molecule has 104 valence electrons. The Labute approximate surface area is 123 Å². The van der Waals surface area contributed by atoms with Gasteiger partial charge in [0.1, 0.15) is 10.8 Å². The first kappa shape index (κ1) is 13.3. The van der Waals surface area contributed by atoms with E-state index in [1.54, 1.807) is 0 Å². The van der Waals surface area contributed by atoms with Crippen molar-refractivity contribution in [3.8, 4) is 0 Å². The maximum absolute atomic E-state index is 9.26. The van der Waals surface area contributed by atoms with Crippen LogP contribution in [0.4, 0.5) is 5.82 Å². The molecule has 1 aliphatic rings. The van der Waals surface area contributed by atoms with Crippen molar-refractivity contribution in [2.24, 2.45) is 11.7 Å². The number of anilines is 1. The van der Waals surface area contributed by atoms with Crippen molar-refractivity contribution in [2.45, 2.75) is 6.42 Å². The number of thiocarbonyl (C=S) groups is 1. The molecule has 1 saturated heterocycles. The van der Waals surface area contributed by atoms with Crippen LogP contribution in [0, 0.1) is 5.92 Å². The summed E-state index contributed by atoms with van der Waals surface area (Å²) < 4.78 is 0. The first-order valence-electron chi connectivity index (χ1n) is 6.74. The minimum atomic E-state index is 0.228. The van der Waals surface area contributed by atoms with E-state index in [1.807, 2.05) is 30.3 Å². The number of aliphatic hydroxyl groups excluding tert-OH is 1. The Morgan fingerprint density at radius 1 is 1.45 bits per heavy atom. The molecule has 0 radical (unpaired) electrons. The molecule has 4 nitrogen and oxygen atoms in total. The van der Waals surface area contributed by atoms with Crippen molar-refractivity contribution >= 4 is 33.9 Å². The lowest BCUT2D eigenvalue weighted by molar-refractivity contribution is 0.238. The van der Waals surface area contributed by atoms with Gasteiger partial charge in [-0.05, 0) is 18.6 Å². The van der Waals surface area contributed by atoms with E-state index < -0.39 is 0 Å². The van der Waals surface area contributed by atoms with E-state index in [9.17, 15) is 5.11 Å². The quantitative estimate of drug-likeness (QED) is 0.841. The Kier molecular flexibility index (Phi) is 3.54. The topological polar surface area (TPSA) is 62.4 Å². The number of aliphatic hydroxyl groups is 1.